The van der Waals surface area contributed by atoms with Gasteiger partial charge in [0.05, 0.1) is 34.0 Å². The van der Waals surface area contributed by atoms with Gasteiger partial charge < -0.3 is 25.3 Å². The maximum atomic E-state index is 11.2. The van der Waals surface area contributed by atoms with Crippen LogP contribution in [0.2, 0.25) is 0 Å². The average molecular weight is 676 g/mol. The Kier molecular flexibility index (Phi) is 9.41. The Balaban J connectivity index is 0.000000185. The van der Waals surface area contributed by atoms with Crippen LogP contribution in [0.4, 0.5) is 17.1 Å². The van der Waals surface area contributed by atoms with Gasteiger partial charge in [0.25, 0.3) is 10.2 Å². The maximum absolute atomic E-state index is 11.2. The molecule has 16 heteroatoms. The highest BCUT2D eigenvalue weighted by atomic mass is 32.2. The second kappa shape index (κ2) is 13.5. The van der Waals surface area contributed by atoms with Crippen LogP contribution < -0.4 is 15.0 Å². The topological polar surface area (TPSA) is 249 Å². The van der Waals surface area contributed by atoms with Crippen LogP contribution in [0.1, 0.15) is 16.7 Å². The van der Waals surface area contributed by atoms with Crippen molar-refractivity contribution >= 4 is 71.5 Å². The number of aliphatic imine (C=N–C) groups is 2. The first-order valence-electron chi connectivity index (χ1n) is 13.7. The number of primary sulfonamides is 1. The van der Waals surface area contributed by atoms with Crippen LogP contribution in [-0.2, 0) is 26.8 Å². The summed E-state index contributed by atoms with van der Waals surface area (Å²) in [5, 5.41) is 40.7. The van der Waals surface area contributed by atoms with Gasteiger partial charge in [0.15, 0.2) is 11.8 Å². The largest absolute Gasteiger partial charge is 0.494 e. The Morgan fingerprint density at radius 2 is 1.23 bits per heavy atom. The summed E-state index contributed by atoms with van der Waals surface area (Å²) in [6.45, 7) is -0.0878. The number of fused-ring (bicyclic) bond motifs is 2. The number of sulfonamides is 1. The Morgan fingerprint density at radius 1 is 0.702 bits per heavy atom. The number of aliphatic hydroxyl groups is 1. The molecule has 0 amide bonds. The van der Waals surface area contributed by atoms with Crippen LogP contribution in [0.3, 0.4) is 0 Å². The number of aromatic hydroxyl groups is 2. The van der Waals surface area contributed by atoms with Crippen LogP contribution in [0, 0.1) is 0 Å². The number of anilines is 1. The third-order valence-corrected chi connectivity index (χ3v) is 8.22. The van der Waals surface area contributed by atoms with Crippen LogP contribution in [0.25, 0.3) is 21.8 Å². The SMILES string of the molecule is NS(=O)(=O)Nc1ccc(N=Cc2c(O)[nH]c3ccccc23)cc1.NS(=O)(=O)c1ccc(N=Cc2c(O)[nH]c3cc(CO)ccc23)cc1. The van der Waals surface area contributed by atoms with Gasteiger partial charge in [0, 0.05) is 39.9 Å². The summed E-state index contributed by atoms with van der Waals surface area (Å²) in [4.78, 5) is 14.2. The minimum absolute atomic E-state index is 0.00734. The van der Waals surface area contributed by atoms with Gasteiger partial charge in [-0.15, -0.1) is 0 Å². The summed E-state index contributed by atoms with van der Waals surface area (Å²) in [5.41, 5.74) is 4.80. The number of aromatic amines is 2. The first-order valence-corrected chi connectivity index (χ1v) is 16.8. The second-order valence-electron chi connectivity index (χ2n) is 10.1. The minimum Gasteiger partial charge on any atom is -0.494 e. The molecule has 14 nitrogen and oxygen atoms in total. The molecule has 0 spiro atoms. The van der Waals surface area contributed by atoms with E-state index in [1.165, 1.54) is 30.5 Å². The molecule has 6 rings (SSSR count). The molecule has 10 N–H and O–H groups in total. The van der Waals surface area contributed by atoms with E-state index >= 15 is 0 Å². The molecule has 0 radical (unpaired) electrons. The van der Waals surface area contributed by atoms with Crippen molar-refractivity contribution in [2.75, 3.05) is 4.72 Å². The molecule has 0 atom stereocenters. The number of H-pyrrole nitrogens is 2. The molecule has 0 saturated carbocycles. The van der Waals surface area contributed by atoms with E-state index in [-0.39, 0.29) is 23.3 Å². The fourth-order valence-corrected chi connectivity index (χ4v) is 5.52. The van der Waals surface area contributed by atoms with Gasteiger partial charge in [0.1, 0.15) is 0 Å². The molecule has 6 aromatic rings. The molecule has 2 aromatic heterocycles. The number of rotatable bonds is 8. The lowest BCUT2D eigenvalue weighted by Gasteiger charge is -2.02. The Hall–Kier alpha value is -5.52. The monoisotopic (exact) mass is 675 g/mol. The number of aliphatic hydroxyl groups excluding tert-OH is 1. The molecule has 47 heavy (non-hydrogen) atoms. The van der Waals surface area contributed by atoms with Crippen molar-refractivity contribution in [1.82, 2.24) is 9.97 Å². The van der Waals surface area contributed by atoms with Crippen LogP contribution in [0.5, 0.6) is 11.8 Å². The number of benzene rings is 4. The Bertz CT molecular complexity index is 2330. The van der Waals surface area contributed by atoms with Gasteiger partial charge in [-0.3, -0.25) is 14.7 Å². The highest BCUT2D eigenvalue weighted by Crippen LogP contribution is 2.28. The maximum Gasteiger partial charge on any atom is 0.296 e. The van der Waals surface area contributed by atoms with Gasteiger partial charge in [-0.05, 0) is 66.2 Å². The number of nitrogens with one attached hydrogen (secondary N) is 3. The van der Waals surface area contributed by atoms with Crippen LogP contribution >= 0.6 is 0 Å². The standard InChI is InChI=1S/C16H15N3O4S.C15H14N4O3S/c17-24(22,23)12-4-2-11(3-5-12)18-8-14-13-6-1-10(9-20)7-15(13)19-16(14)21;16-23(21,22)19-11-7-5-10(6-8-11)17-9-13-12-3-1-2-4-14(12)18-15(13)20/h1-8,19-21H,9H2,(H2,17,22,23);1-9,18-20H,(H2,16,21,22). The van der Waals surface area contributed by atoms with E-state index < -0.39 is 20.2 Å². The first kappa shape index (κ1) is 32.9. The zero-order valence-electron chi connectivity index (χ0n) is 24.4. The number of hydrogen-bond donors (Lipinski definition) is 8. The minimum atomic E-state index is -3.79. The summed E-state index contributed by atoms with van der Waals surface area (Å²) < 4.78 is 46.5. The van der Waals surface area contributed by atoms with Crippen molar-refractivity contribution in [2.24, 2.45) is 20.3 Å². The molecule has 4 aromatic carbocycles. The van der Waals surface area contributed by atoms with Crippen molar-refractivity contribution in [1.29, 1.82) is 0 Å². The molecular formula is C31H29N7O7S2. The molecule has 2 heterocycles. The molecule has 0 aliphatic carbocycles. The van der Waals surface area contributed by atoms with E-state index in [4.69, 9.17) is 15.4 Å². The molecule has 0 saturated heterocycles. The molecule has 0 bridgehead atoms. The van der Waals surface area contributed by atoms with Gasteiger partial charge in [-0.1, -0.05) is 30.3 Å². The van der Waals surface area contributed by atoms with E-state index in [0.717, 1.165) is 21.9 Å². The van der Waals surface area contributed by atoms with E-state index in [1.807, 2.05) is 24.3 Å². The zero-order chi connectivity index (χ0) is 33.8. The van der Waals surface area contributed by atoms with Crippen molar-refractivity contribution in [3.05, 3.63) is 108 Å². The zero-order valence-corrected chi connectivity index (χ0v) is 26.0. The molecule has 242 valence electrons. The summed E-state index contributed by atoms with van der Waals surface area (Å²) in [7, 11) is -7.53. The lowest BCUT2D eigenvalue weighted by atomic mass is 10.1. The van der Waals surface area contributed by atoms with Gasteiger partial charge in [-0.25, -0.2) is 18.7 Å². The molecular weight excluding hydrogens is 647 g/mol. The highest BCUT2D eigenvalue weighted by Gasteiger charge is 2.11. The van der Waals surface area contributed by atoms with Gasteiger partial charge >= 0.3 is 0 Å². The summed E-state index contributed by atoms with van der Waals surface area (Å²) in [6.07, 6.45) is 3.04. The molecule has 0 fully saturated rings. The predicted molar refractivity (Wildman–Crippen MR) is 181 cm³/mol. The molecule has 0 aliphatic heterocycles. The number of nitrogens with two attached hydrogens (primary N) is 2. The van der Waals surface area contributed by atoms with Gasteiger partial charge in [0.2, 0.25) is 10.0 Å². The van der Waals surface area contributed by atoms with E-state index in [0.29, 0.717) is 33.7 Å². The smallest absolute Gasteiger partial charge is 0.296 e. The van der Waals surface area contributed by atoms with Gasteiger partial charge in [-0.2, -0.15) is 8.42 Å². The quantitative estimate of drug-likeness (QED) is 0.110. The second-order valence-corrected chi connectivity index (χ2v) is 13.0. The van der Waals surface area contributed by atoms with Crippen molar-refractivity contribution in [3.63, 3.8) is 0 Å². The predicted octanol–water partition coefficient (Wildman–Crippen LogP) is 4.00. The van der Waals surface area contributed by atoms with Crippen LogP contribution in [0.15, 0.2) is 106 Å². The van der Waals surface area contributed by atoms with E-state index in [9.17, 15) is 27.0 Å². The third-order valence-electron chi connectivity index (χ3n) is 6.77. The lowest BCUT2D eigenvalue weighted by Crippen LogP contribution is -2.21. The highest BCUT2D eigenvalue weighted by molar-refractivity contribution is 7.90. The number of aromatic nitrogens is 2. The number of hydrogen-bond acceptors (Lipinski definition) is 9. The lowest BCUT2D eigenvalue weighted by molar-refractivity contribution is 0.282. The fraction of sp³-hybridized carbons (Fsp3) is 0.0323. The van der Waals surface area contributed by atoms with Crippen molar-refractivity contribution < 1.29 is 32.2 Å². The van der Waals surface area contributed by atoms with E-state index in [1.54, 1.807) is 48.7 Å². The summed E-state index contributed by atoms with van der Waals surface area (Å²) in [5.74, 6) is 0.00691. The Morgan fingerprint density at radius 3 is 1.79 bits per heavy atom. The summed E-state index contributed by atoms with van der Waals surface area (Å²) >= 11 is 0. The first-order chi connectivity index (χ1) is 22.3. The summed E-state index contributed by atoms with van der Waals surface area (Å²) in [6, 6.07) is 24.9. The van der Waals surface area contributed by atoms with Crippen molar-refractivity contribution in [3.8, 4) is 11.8 Å². The average Bonchev–Trinajstić information content (AvgIpc) is 3.52. The van der Waals surface area contributed by atoms with E-state index in [2.05, 4.69) is 24.7 Å². The molecule has 0 unspecified atom stereocenters. The third kappa shape index (κ3) is 8.20. The normalized spacial score (nSPS) is 12.1. The van der Waals surface area contributed by atoms with Crippen LogP contribution in [-0.4, -0.2) is 54.6 Å². The Labute approximate surface area is 269 Å². The molecule has 0 aliphatic rings. The van der Waals surface area contributed by atoms with Crippen molar-refractivity contribution in [2.45, 2.75) is 11.5 Å². The number of nitrogens with zero attached hydrogens (tertiary/aromatic N) is 2. The fourth-order valence-electron chi connectivity index (χ4n) is 4.54. The number of para-hydroxylation sites is 1.